The van der Waals surface area contributed by atoms with Gasteiger partial charge in [0.1, 0.15) is 23.2 Å². The van der Waals surface area contributed by atoms with Crippen LogP contribution in [-0.4, -0.2) is 11.7 Å². The third kappa shape index (κ3) is 5.25. The van der Waals surface area contributed by atoms with E-state index in [1.165, 1.54) is 32.7 Å². The van der Waals surface area contributed by atoms with Crippen LogP contribution in [0.1, 0.15) is 22.9 Å². The van der Waals surface area contributed by atoms with Crippen LogP contribution in [0.2, 0.25) is 0 Å². The van der Waals surface area contributed by atoms with Gasteiger partial charge in [0.15, 0.2) is 5.84 Å². The van der Waals surface area contributed by atoms with Crippen molar-refractivity contribution in [1.82, 2.24) is 5.32 Å². The Morgan fingerprint density at radius 1 is 0.451 bits per heavy atom. The maximum Gasteiger partial charge on any atom is 0.159 e. The highest BCUT2D eigenvalue weighted by Gasteiger charge is 2.24. The molecule has 9 aromatic rings. The lowest BCUT2D eigenvalue weighted by molar-refractivity contribution is 0.668. The molecular weight excluding hydrogens is 623 g/mol. The van der Waals surface area contributed by atoms with Gasteiger partial charge in [-0.15, -0.1) is 0 Å². The number of hydrogen-bond donors (Lipinski definition) is 1. The highest BCUT2D eigenvalue weighted by Crippen LogP contribution is 2.36. The fourth-order valence-electron chi connectivity index (χ4n) is 7.28. The molecule has 1 N–H and O–H groups in total. The summed E-state index contributed by atoms with van der Waals surface area (Å²) in [6.07, 6.45) is -0.340. The second kappa shape index (κ2) is 12.0. The van der Waals surface area contributed by atoms with Gasteiger partial charge in [0.2, 0.25) is 0 Å². The summed E-state index contributed by atoms with van der Waals surface area (Å²) in [5.41, 5.74) is 9.30. The van der Waals surface area contributed by atoms with E-state index in [9.17, 15) is 0 Å². The summed E-state index contributed by atoms with van der Waals surface area (Å²) in [6, 6.07) is 61.7. The van der Waals surface area contributed by atoms with Gasteiger partial charge in [-0.1, -0.05) is 146 Å². The van der Waals surface area contributed by atoms with Crippen molar-refractivity contribution in [2.75, 3.05) is 0 Å². The first-order chi connectivity index (χ1) is 25.2. The van der Waals surface area contributed by atoms with Gasteiger partial charge in [0.05, 0.1) is 0 Å². The minimum atomic E-state index is -0.340. The number of nitrogens with one attached hydrogen (secondary N) is 1. The van der Waals surface area contributed by atoms with Crippen molar-refractivity contribution in [2.45, 2.75) is 6.17 Å². The van der Waals surface area contributed by atoms with E-state index in [1.54, 1.807) is 0 Å². The molecule has 0 fully saturated rings. The van der Waals surface area contributed by atoms with E-state index in [4.69, 9.17) is 14.4 Å². The topological polar surface area (TPSA) is 49.9 Å². The van der Waals surface area contributed by atoms with E-state index in [2.05, 4.69) is 163 Å². The minimum Gasteiger partial charge on any atom is -0.456 e. The maximum absolute atomic E-state index is 6.46. The second-order valence-corrected chi connectivity index (χ2v) is 13.1. The molecule has 0 saturated heterocycles. The van der Waals surface area contributed by atoms with Crippen LogP contribution in [0.4, 0.5) is 0 Å². The average molecular weight is 654 g/mol. The summed E-state index contributed by atoms with van der Waals surface area (Å²) in [6.45, 7) is 0. The van der Waals surface area contributed by atoms with Gasteiger partial charge >= 0.3 is 0 Å². The molecule has 1 aromatic heterocycles. The van der Waals surface area contributed by atoms with Crippen molar-refractivity contribution in [3.8, 4) is 22.3 Å². The van der Waals surface area contributed by atoms with Crippen molar-refractivity contribution in [2.24, 2.45) is 9.98 Å². The van der Waals surface area contributed by atoms with Crippen molar-refractivity contribution in [3.05, 3.63) is 193 Å². The Morgan fingerprint density at radius 3 is 1.88 bits per heavy atom. The molecule has 1 aliphatic heterocycles. The minimum absolute atomic E-state index is 0.340. The smallest absolute Gasteiger partial charge is 0.159 e. The monoisotopic (exact) mass is 653 g/mol. The van der Waals surface area contributed by atoms with Gasteiger partial charge in [-0.2, -0.15) is 0 Å². The first-order valence-electron chi connectivity index (χ1n) is 17.3. The molecule has 1 aliphatic rings. The molecule has 51 heavy (non-hydrogen) atoms. The molecule has 10 rings (SSSR count). The van der Waals surface area contributed by atoms with Crippen LogP contribution in [0.15, 0.2) is 190 Å². The summed E-state index contributed by atoms with van der Waals surface area (Å²) in [5, 5.41) is 10.6. The quantitative estimate of drug-likeness (QED) is 0.201. The summed E-state index contributed by atoms with van der Waals surface area (Å²) in [5.74, 6) is 1.44. The van der Waals surface area contributed by atoms with Crippen LogP contribution in [0, 0.1) is 0 Å². The van der Waals surface area contributed by atoms with Gasteiger partial charge < -0.3 is 9.73 Å². The summed E-state index contributed by atoms with van der Waals surface area (Å²) in [4.78, 5) is 10.4. The van der Waals surface area contributed by atoms with Gasteiger partial charge in [-0.25, -0.2) is 9.98 Å². The van der Waals surface area contributed by atoms with Gasteiger partial charge in [0.25, 0.3) is 0 Å². The highest BCUT2D eigenvalue weighted by molar-refractivity contribution is 6.22. The average Bonchev–Trinajstić information content (AvgIpc) is 3.59. The van der Waals surface area contributed by atoms with Crippen molar-refractivity contribution >= 4 is 55.2 Å². The summed E-state index contributed by atoms with van der Waals surface area (Å²) >= 11 is 0. The first-order valence-corrected chi connectivity index (χ1v) is 17.3. The lowest BCUT2D eigenvalue weighted by Gasteiger charge is -2.24. The van der Waals surface area contributed by atoms with Crippen molar-refractivity contribution in [3.63, 3.8) is 0 Å². The fourth-order valence-corrected chi connectivity index (χ4v) is 7.28. The largest absolute Gasteiger partial charge is 0.456 e. The number of rotatable bonds is 5. The van der Waals surface area contributed by atoms with E-state index in [0.29, 0.717) is 5.84 Å². The number of aliphatic imine (C=N–C) groups is 2. The maximum atomic E-state index is 6.46. The number of furan rings is 1. The predicted octanol–water partition coefficient (Wildman–Crippen LogP) is 11.7. The molecule has 0 spiro atoms. The van der Waals surface area contributed by atoms with E-state index < -0.39 is 0 Å². The Balaban J connectivity index is 1.11. The van der Waals surface area contributed by atoms with Crippen molar-refractivity contribution in [1.29, 1.82) is 0 Å². The van der Waals surface area contributed by atoms with Crippen LogP contribution < -0.4 is 5.32 Å². The Labute approximate surface area is 295 Å². The Morgan fingerprint density at radius 2 is 1.08 bits per heavy atom. The number of benzene rings is 8. The molecule has 1 atom stereocenters. The molecule has 240 valence electrons. The zero-order valence-electron chi connectivity index (χ0n) is 27.6. The molecule has 0 bridgehead atoms. The second-order valence-electron chi connectivity index (χ2n) is 13.1. The van der Waals surface area contributed by atoms with Crippen LogP contribution in [0.25, 0.3) is 65.7 Å². The zero-order valence-corrected chi connectivity index (χ0v) is 27.6. The molecular formula is C47H31N3O. The van der Waals surface area contributed by atoms with Crippen molar-refractivity contribution < 1.29 is 4.42 Å². The van der Waals surface area contributed by atoms with Gasteiger partial charge in [0, 0.05) is 21.9 Å². The fraction of sp³-hybridized carbons (Fsp3) is 0.0213. The molecule has 0 saturated carbocycles. The Bertz CT molecular complexity index is 2830. The van der Waals surface area contributed by atoms with Crippen LogP contribution in [0.3, 0.4) is 0 Å². The van der Waals surface area contributed by atoms with E-state index >= 15 is 0 Å². The summed E-state index contributed by atoms with van der Waals surface area (Å²) in [7, 11) is 0. The lowest BCUT2D eigenvalue weighted by Crippen LogP contribution is -2.33. The zero-order chi connectivity index (χ0) is 33.7. The van der Waals surface area contributed by atoms with E-state index in [0.717, 1.165) is 55.6 Å². The number of hydrogen-bond acceptors (Lipinski definition) is 4. The lowest BCUT2D eigenvalue weighted by atomic mass is 9.98. The van der Waals surface area contributed by atoms with Gasteiger partial charge in [-0.3, -0.25) is 0 Å². The number of fused-ring (bicyclic) bond motifs is 5. The third-order valence-corrected chi connectivity index (χ3v) is 9.91. The molecule has 1 unspecified atom stereocenters. The van der Waals surface area contributed by atoms with Gasteiger partial charge in [-0.05, 0) is 79.7 Å². The predicted molar refractivity (Wildman–Crippen MR) is 211 cm³/mol. The van der Waals surface area contributed by atoms with Crippen LogP contribution >= 0.6 is 0 Å². The molecule has 0 radical (unpaired) electrons. The van der Waals surface area contributed by atoms with Crippen LogP contribution in [-0.2, 0) is 0 Å². The highest BCUT2D eigenvalue weighted by atomic mass is 16.3. The van der Waals surface area contributed by atoms with E-state index in [1.807, 2.05) is 18.2 Å². The molecule has 8 aromatic carbocycles. The van der Waals surface area contributed by atoms with E-state index in [-0.39, 0.29) is 6.17 Å². The SMILES string of the molecule is c1ccc(-c2ccc(C3=NC(c4ccc5ccccc5c4)NC(c4cccc5oc6ccc(-c7ccc8ccccc8c7)cc6c45)=N3)cc2)cc1. The number of amidine groups is 2. The molecule has 0 aliphatic carbocycles. The summed E-state index contributed by atoms with van der Waals surface area (Å²) < 4.78 is 6.46. The number of nitrogens with zero attached hydrogens (tertiary/aromatic N) is 2. The molecule has 2 heterocycles. The normalized spacial score (nSPS) is 14.5. The Kier molecular flexibility index (Phi) is 6.85. The molecule has 0 amide bonds. The molecule has 4 heteroatoms. The molecule has 4 nitrogen and oxygen atoms in total. The Hall–Kier alpha value is -6.78. The van der Waals surface area contributed by atoms with Crippen LogP contribution in [0.5, 0.6) is 0 Å². The third-order valence-electron chi connectivity index (χ3n) is 9.91. The standard InChI is InChI=1S/C47H31N3O/c1-2-9-30(10-3-1)33-17-21-34(22-18-33)45-48-46(39-24-20-32-12-5-7-14-36(32)28-39)50-47(49-45)40-15-8-16-43-44(40)41-29-38(25-26-42(41)51-43)37-23-19-31-11-4-6-13-35(31)27-37/h1-29,46H,(H,48,49,50). The first kappa shape index (κ1) is 29.2.